The molecule has 3 aromatic carbocycles. The van der Waals surface area contributed by atoms with Crippen LogP contribution in [-0.2, 0) is 24.2 Å². The molecule has 1 N–H and O–H groups in total. The molecule has 0 radical (unpaired) electrons. The summed E-state index contributed by atoms with van der Waals surface area (Å²) in [5.41, 5.74) is 3.58. The van der Waals surface area contributed by atoms with Gasteiger partial charge in [-0.15, -0.1) is 0 Å². The highest BCUT2D eigenvalue weighted by atomic mass is 16.5. The topological polar surface area (TPSA) is 67.9 Å². The van der Waals surface area contributed by atoms with E-state index in [1.165, 1.54) is 0 Å². The minimum absolute atomic E-state index is 0.101. The van der Waals surface area contributed by atoms with E-state index in [4.69, 9.17) is 9.47 Å². The lowest BCUT2D eigenvalue weighted by atomic mass is 10.0. The predicted molar refractivity (Wildman–Crippen MR) is 127 cm³/mol. The Labute approximate surface area is 194 Å². The van der Waals surface area contributed by atoms with E-state index in [2.05, 4.69) is 5.32 Å². The second kappa shape index (κ2) is 10.2. The summed E-state index contributed by atoms with van der Waals surface area (Å²) in [6.07, 6.45) is 1.03. The van der Waals surface area contributed by atoms with Crippen LogP contribution in [0.25, 0.3) is 0 Å². The lowest BCUT2D eigenvalue weighted by Gasteiger charge is -2.27. The Kier molecular flexibility index (Phi) is 6.93. The number of rotatable bonds is 9. The lowest BCUT2D eigenvalue weighted by molar-refractivity contribution is -0.125. The first kappa shape index (κ1) is 22.4. The van der Waals surface area contributed by atoms with Gasteiger partial charge in [-0.3, -0.25) is 9.59 Å². The molecular weight excluding hydrogens is 416 g/mol. The highest BCUT2D eigenvalue weighted by Crippen LogP contribution is 2.26. The van der Waals surface area contributed by atoms with Gasteiger partial charge >= 0.3 is 0 Å². The number of hydrogen-bond acceptors (Lipinski definition) is 4. The fourth-order valence-corrected chi connectivity index (χ4v) is 4.23. The molecule has 4 rings (SSSR count). The molecular formula is C27H28N2O4. The van der Waals surface area contributed by atoms with Gasteiger partial charge in [0.1, 0.15) is 17.5 Å². The number of nitrogens with one attached hydrogen (secondary N) is 1. The van der Waals surface area contributed by atoms with E-state index in [1.807, 2.05) is 72.8 Å². The molecule has 3 aromatic rings. The molecule has 0 aliphatic carbocycles. The zero-order valence-corrected chi connectivity index (χ0v) is 18.9. The number of benzene rings is 3. The Morgan fingerprint density at radius 1 is 1.00 bits per heavy atom. The first-order valence-electron chi connectivity index (χ1n) is 11.0. The first-order chi connectivity index (χ1) is 16.1. The van der Waals surface area contributed by atoms with Crippen molar-refractivity contribution in [3.05, 3.63) is 95.1 Å². The Morgan fingerprint density at radius 3 is 2.48 bits per heavy atom. The van der Waals surface area contributed by atoms with Crippen LogP contribution < -0.4 is 14.8 Å². The van der Waals surface area contributed by atoms with Crippen molar-refractivity contribution in [2.75, 3.05) is 20.8 Å². The molecule has 0 saturated carbocycles. The number of nitrogens with zero attached hydrogens (tertiary/aromatic N) is 1. The molecule has 33 heavy (non-hydrogen) atoms. The summed E-state index contributed by atoms with van der Waals surface area (Å²) in [5, 5.41) is 3.04. The Balaban J connectivity index is 1.49. The van der Waals surface area contributed by atoms with E-state index in [-0.39, 0.29) is 11.8 Å². The molecule has 0 saturated heterocycles. The fourth-order valence-electron chi connectivity index (χ4n) is 4.23. The number of hydrogen-bond donors (Lipinski definition) is 1. The van der Waals surface area contributed by atoms with Gasteiger partial charge in [0.2, 0.25) is 5.91 Å². The summed E-state index contributed by atoms with van der Waals surface area (Å²) in [5.74, 6) is 1.22. The van der Waals surface area contributed by atoms with E-state index >= 15 is 0 Å². The van der Waals surface area contributed by atoms with Crippen LogP contribution in [0.2, 0.25) is 0 Å². The summed E-state index contributed by atoms with van der Waals surface area (Å²) < 4.78 is 10.7. The highest BCUT2D eigenvalue weighted by molar-refractivity contribution is 6.01. The van der Waals surface area contributed by atoms with E-state index in [1.54, 1.807) is 19.1 Å². The van der Waals surface area contributed by atoms with Gasteiger partial charge in [0.15, 0.2) is 0 Å². The number of methoxy groups -OCH3 is 2. The molecule has 170 valence electrons. The van der Waals surface area contributed by atoms with Crippen molar-refractivity contribution in [2.24, 2.45) is 0 Å². The van der Waals surface area contributed by atoms with Crippen molar-refractivity contribution in [2.45, 2.75) is 25.4 Å². The zero-order valence-electron chi connectivity index (χ0n) is 18.9. The molecule has 0 aromatic heterocycles. The largest absolute Gasteiger partial charge is 0.497 e. The summed E-state index contributed by atoms with van der Waals surface area (Å²) in [6.45, 7) is 0.853. The minimum atomic E-state index is -0.598. The Morgan fingerprint density at radius 2 is 1.76 bits per heavy atom. The van der Waals surface area contributed by atoms with Crippen molar-refractivity contribution in [1.82, 2.24) is 10.2 Å². The van der Waals surface area contributed by atoms with Gasteiger partial charge < -0.3 is 19.7 Å². The van der Waals surface area contributed by atoms with Crippen LogP contribution >= 0.6 is 0 Å². The number of carbonyl (C=O) groups excluding carboxylic acids is 2. The maximum absolute atomic E-state index is 13.3. The van der Waals surface area contributed by atoms with Gasteiger partial charge in [0.05, 0.1) is 14.2 Å². The standard InChI is InChI=1S/C27H28N2O4/c1-32-22-12-13-25(33-2)20(17-22)14-15-28-26(30)24(16-19-8-4-3-5-9-19)29-18-21-10-6-7-11-23(21)27(29)31/h3-13,17,24H,14-16,18H2,1-2H3,(H,28,30)/t24-/m1/s1. The molecule has 0 fully saturated rings. The molecule has 6 heteroatoms. The van der Waals surface area contributed by atoms with Gasteiger partial charge in [-0.05, 0) is 47.4 Å². The van der Waals surface area contributed by atoms with Crippen LogP contribution in [0.1, 0.15) is 27.0 Å². The molecule has 1 heterocycles. The zero-order chi connectivity index (χ0) is 23.2. The van der Waals surface area contributed by atoms with E-state index < -0.39 is 6.04 Å². The average Bonchev–Trinajstić information content (AvgIpc) is 3.19. The SMILES string of the molecule is COc1ccc(OC)c(CCNC(=O)[C@@H](Cc2ccccc2)N2Cc3ccccc3C2=O)c1. The first-order valence-corrected chi connectivity index (χ1v) is 11.0. The Bertz CT molecular complexity index is 1130. The second-order valence-electron chi connectivity index (χ2n) is 8.01. The smallest absolute Gasteiger partial charge is 0.255 e. The summed E-state index contributed by atoms with van der Waals surface area (Å²) in [7, 11) is 3.24. The van der Waals surface area contributed by atoms with Crippen molar-refractivity contribution >= 4 is 11.8 Å². The monoisotopic (exact) mass is 444 g/mol. The molecule has 1 aliphatic heterocycles. The van der Waals surface area contributed by atoms with Crippen LogP contribution in [0.5, 0.6) is 11.5 Å². The van der Waals surface area contributed by atoms with Crippen LogP contribution in [0, 0.1) is 0 Å². The highest BCUT2D eigenvalue weighted by Gasteiger charge is 2.36. The van der Waals surface area contributed by atoms with Crippen molar-refractivity contribution < 1.29 is 19.1 Å². The van der Waals surface area contributed by atoms with Crippen molar-refractivity contribution in [3.63, 3.8) is 0 Å². The van der Waals surface area contributed by atoms with Gasteiger partial charge in [-0.1, -0.05) is 48.5 Å². The van der Waals surface area contributed by atoms with Gasteiger partial charge in [0.25, 0.3) is 5.91 Å². The summed E-state index contributed by atoms with van der Waals surface area (Å²) in [6, 6.07) is 22.3. The van der Waals surface area contributed by atoms with Crippen molar-refractivity contribution in [3.8, 4) is 11.5 Å². The third-order valence-electron chi connectivity index (χ3n) is 5.98. The maximum atomic E-state index is 13.3. The minimum Gasteiger partial charge on any atom is -0.497 e. The number of carbonyl (C=O) groups is 2. The van der Waals surface area contributed by atoms with Gasteiger partial charge in [-0.25, -0.2) is 0 Å². The summed E-state index contributed by atoms with van der Waals surface area (Å²) >= 11 is 0. The second-order valence-corrected chi connectivity index (χ2v) is 8.01. The Hall–Kier alpha value is -3.80. The number of fused-ring (bicyclic) bond motifs is 1. The number of amides is 2. The third-order valence-corrected chi connectivity index (χ3v) is 5.98. The third kappa shape index (κ3) is 5.00. The fraction of sp³-hybridized carbons (Fsp3) is 0.259. The van der Waals surface area contributed by atoms with Crippen LogP contribution in [0.15, 0.2) is 72.8 Å². The molecule has 2 amide bonds. The molecule has 6 nitrogen and oxygen atoms in total. The number of ether oxygens (including phenoxy) is 2. The summed E-state index contributed by atoms with van der Waals surface area (Å²) in [4.78, 5) is 28.1. The van der Waals surface area contributed by atoms with E-state index in [0.717, 1.165) is 28.2 Å². The molecule has 1 atom stereocenters. The lowest BCUT2D eigenvalue weighted by Crippen LogP contribution is -2.48. The van der Waals surface area contributed by atoms with E-state index in [0.29, 0.717) is 31.5 Å². The van der Waals surface area contributed by atoms with Crippen molar-refractivity contribution in [1.29, 1.82) is 0 Å². The maximum Gasteiger partial charge on any atom is 0.255 e. The molecule has 0 bridgehead atoms. The van der Waals surface area contributed by atoms with Gasteiger partial charge in [-0.2, -0.15) is 0 Å². The van der Waals surface area contributed by atoms with Gasteiger partial charge in [0, 0.05) is 25.1 Å². The molecule has 0 spiro atoms. The van der Waals surface area contributed by atoms with Crippen LogP contribution in [0.4, 0.5) is 0 Å². The van der Waals surface area contributed by atoms with Crippen LogP contribution in [0.3, 0.4) is 0 Å². The normalized spacial score (nSPS) is 13.4. The average molecular weight is 445 g/mol. The van der Waals surface area contributed by atoms with E-state index in [9.17, 15) is 9.59 Å². The molecule has 0 unspecified atom stereocenters. The quantitative estimate of drug-likeness (QED) is 0.547. The predicted octanol–water partition coefficient (Wildman–Crippen LogP) is 3.63. The van der Waals surface area contributed by atoms with Crippen LogP contribution in [-0.4, -0.2) is 43.5 Å². The molecule has 1 aliphatic rings.